The highest BCUT2D eigenvalue weighted by molar-refractivity contribution is 7.89. The van der Waals surface area contributed by atoms with Crippen LogP contribution in [0.1, 0.15) is 43.0 Å². The molecule has 2 aliphatic heterocycles. The first-order valence-electron chi connectivity index (χ1n) is 11.1. The molecule has 4 rings (SSSR count). The van der Waals surface area contributed by atoms with Crippen LogP contribution in [-0.2, 0) is 32.6 Å². The maximum absolute atomic E-state index is 12.9. The molecule has 0 aliphatic carbocycles. The molecule has 1 saturated heterocycles. The molecule has 1 atom stereocenters. The number of nitrogens with zero attached hydrogens (tertiary/aromatic N) is 2. The fourth-order valence-corrected chi connectivity index (χ4v) is 6.78. The van der Waals surface area contributed by atoms with E-state index in [0.717, 1.165) is 19.3 Å². The van der Waals surface area contributed by atoms with E-state index in [4.69, 9.17) is 0 Å². The summed E-state index contributed by atoms with van der Waals surface area (Å²) in [6.07, 6.45) is 3.05. The van der Waals surface area contributed by atoms with Gasteiger partial charge in [-0.2, -0.15) is 4.31 Å². The van der Waals surface area contributed by atoms with Crippen molar-refractivity contribution in [3.05, 3.63) is 46.2 Å². The lowest BCUT2D eigenvalue weighted by Gasteiger charge is -2.30. The summed E-state index contributed by atoms with van der Waals surface area (Å²) in [6.45, 7) is 4.46. The molecule has 32 heavy (non-hydrogen) atoms. The monoisotopic (exact) mass is 475 g/mol. The second-order valence-electron chi connectivity index (χ2n) is 8.62. The van der Waals surface area contributed by atoms with Gasteiger partial charge in [0.2, 0.25) is 21.8 Å². The SMILES string of the molecule is CC1CCCN(S(=O)(=O)c2ccc(NC(=O)CCC(=O)N3CCc4sccc4C3)cc2)C1. The Labute approximate surface area is 193 Å². The van der Waals surface area contributed by atoms with Crippen molar-refractivity contribution >= 4 is 38.9 Å². The van der Waals surface area contributed by atoms with Crippen LogP contribution >= 0.6 is 11.3 Å². The number of sulfonamides is 1. The number of benzene rings is 1. The third-order valence-corrected chi connectivity index (χ3v) is 9.02. The molecule has 9 heteroatoms. The van der Waals surface area contributed by atoms with Crippen molar-refractivity contribution in [2.75, 3.05) is 25.0 Å². The van der Waals surface area contributed by atoms with Crippen LogP contribution in [0.3, 0.4) is 0 Å². The van der Waals surface area contributed by atoms with E-state index in [1.165, 1.54) is 22.6 Å². The number of amides is 2. The van der Waals surface area contributed by atoms with Gasteiger partial charge in [-0.3, -0.25) is 9.59 Å². The number of thiophene rings is 1. The highest BCUT2D eigenvalue weighted by Gasteiger charge is 2.28. The molecule has 0 saturated carbocycles. The van der Waals surface area contributed by atoms with Crippen LogP contribution in [0, 0.1) is 5.92 Å². The normalized spacial score (nSPS) is 19.4. The summed E-state index contributed by atoms with van der Waals surface area (Å²) >= 11 is 1.73. The number of hydrogen-bond acceptors (Lipinski definition) is 5. The average molecular weight is 476 g/mol. The first-order chi connectivity index (χ1) is 15.3. The van der Waals surface area contributed by atoms with Crippen LogP contribution in [0.15, 0.2) is 40.6 Å². The molecule has 1 N–H and O–H groups in total. The summed E-state index contributed by atoms with van der Waals surface area (Å²) in [5, 5.41) is 4.81. The molecule has 0 spiro atoms. The molecule has 1 aromatic carbocycles. The molecule has 3 heterocycles. The summed E-state index contributed by atoms with van der Waals surface area (Å²) in [5.41, 5.74) is 1.72. The molecule has 1 unspecified atom stereocenters. The van der Waals surface area contributed by atoms with Crippen molar-refractivity contribution in [2.24, 2.45) is 5.92 Å². The van der Waals surface area contributed by atoms with Crippen LogP contribution in [0.4, 0.5) is 5.69 Å². The Hall–Kier alpha value is -2.23. The summed E-state index contributed by atoms with van der Waals surface area (Å²) in [4.78, 5) is 28.2. The highest BCUT2D eigenvalue weighted by Crippen LogP contribution is 2.26. The maximum Gasteiger partial charge on any atom is 0.243 e. The van der Waals surface area contributed by atoms with Gasteiger partial charge in [0.25, 0.3) is 0 Å². The van der Waals surface area contributed by atoms with Crippen LogP contribution in [0.25, 0.3) is 0 Å². The molecular weight excluding hydrogens is 446 g/mol. The Morgan fingerprint density at radius 1 is 1.12 bits per heavy atom. The Morgan fingerprint density at radius 2 is 1.91 bits per heavy atom. The predicted octanol–water partition coefficient (Wildman–Crippen LogP) is 3.47. The van der Waals surface area contributed by atoms with Gasteiger partial charge in [-0.1, -0.05) is 6.92 Å². The van der Waals surface area contributed by atoms with Gasteiger partial charge >= 0.3 is 0 Å². The Balaban J connectivity index is 1.28. The quantitative estimate of drug-likeness (QED) is 0.693. The van der Waals surface area contributed by atoms with Crippen LogP contribution < -0.4 is 5.32 Å². The third kappa shape index (κ3) is 5.22. The second-order valence-corrected chi connectivity index (χ2v) is 11.6. The second kappa shape index (κ2) is 9.72. The number of rotatable bonds is 6. The predicted molar refractivity (Wildman–Crippen MR) is 125 cm³/mol. The minimum atomic E-state index is -3.52. The minimum absolute atomic E-state index is 0.0193. The Morgan fingerprint density at radius 3 is 2.66 bits per heavy atom. The Kier molecular flexibility index (Phi) is 6.97. The summed E-state index contributed by atoms with van der Waals surface area (Å²) < 4.78 is 27.2. The van der Waals surface area contributed by atoms with Crippen molar-refractivity contribution in [3.63, 3.8) is 0 Å². The molecule has 1 fully saturated rings. The molecule has 7 nitrogen and oxygen atoms in total. The van der Waals surface area contributed by atoms with Crippen molar-refractivity contribution in [2.45, 2.75) is 50.5 Å². The van der Waals surface area contributed by atoms with Crippen molar-refractivity contribution in [1.29, 1.82) is 0 Å². The molecule has 2 aromatic rings. The maximum atomic E-state index is 12.9. The van der Waals surface area contributed by atoms with Crippen LogP contribution in [-0.4, -0.2) is 49.1 Å². The smallest absolute Gasteiger partial charge is 0.243 e. The van der Waals surface area contributed by atoms with Crippen LogP contribution in [0.2, 0.25) is 0 Å². The standard InChI is InChI=1S/C23H29N3O4S2/c1-17-3-2-12-26(15-17)32(29,30)20-6-4-19(5-7-20)24-22(27)8-9-23(28)25-13-10-21-18(16-25)11-14-31-21/h4-7,11,14,17H,2-3,8-10,12-13,15-16H2,1H3,(H,24,27). The van der Waals surface area contributed by atoms with Crippen molar-refractivity contribution < 1.29 is 18.0 Å². The van der Waals surface area contributed by atoms with E-state index in [-0.39, 0.29) is 29.6 Å². The van der Waals surface area contributed by atoms with E-state index in [2.05, 4.69) is 23.7 Å². The number of hydrogen-bond donors (Lipinski definition) is 1. The Bertz CT molecular complexity index is 1080. The fraction of sp³-hybridized carbons (Fsp3) is 0.478. The fourth-order valence-electron chi connectivity index (χ4n) is 4.29. The van der Waals surface area contributed by atoms with E-state index in [0.29, 0.717) is 37.8 Å². The van der Waals surface area contributed by atoms with E-state index >= 15 is 0 Å². The molecule has 2 amide bonds. The lowest BCUT2D eigenvalue weighted by atomic mass is 10.0. The van der Waals surface area contributed by atoms with E-state index in [1.54, 1.807) is 27.8 Å². The van der Waals surface area contributed by atoms with E-state index in [9.17, 15) is 18.0 Å². The van der Waals surface area contributed by atoms with E-state index < -0.39 is 10.0 Å². The average Bonchev–Trinajstić information content (AvgIpc) is 3.26. The number of fused-ring (bicyclic) bond motifs is 1. The number of carbonyl (C=O) groups excluding carboxylic acids is 2. The van der Waals surface area contributed by atoms with Crippen molar-refractivity contribution in [1.82, 2.24) is 9.21 Å². The zero-order chi connectivity index (χ0) is 22.7. The largest absolute Gasteiger partial charge is 0.338 e. The van der Waals surface area contributed by atoms with E-state index in [1.807, 2.05) is 4.90 Å². The lowest BCUT2D eigenvalue weighted by molar-refractivity contribution is -0.133. The van der Waals surface area contributed by atoms with Gasteiger partial charge in [0, 0.05) is 49.6 Å². The number of nitrogens with one attached hydrogen (secondary N) is 1. The molecule has 172 valence electrons. The molecule has 2 aliphatic rings. The topological polar surface area (TPSA) is 86.8 Å². The van der Waals surface area contributed by atoms with Gasteiger partial charge in [-0.05, 0) is 66.5 Å². The van der Waals surface area contributed by atoms with Gasteiger partial charge < -0.3 is 10.2 Å². The summed E-state index contributed by atoms with van der Waals surface area (Å²) in [5.74, 6) is 0.0817. The van der Waals surface area contributed by atoms with Gasteiger partial charge in [0.1, 0.15) is 0 Å². The van der Waals surface area contributed by atoms with Gasteiger partial charge in [-0.25, -0.2) is 8.42 Å². The first-order valence-corrected chi connectivity index (χ1v) is 13.4. The van der Waals surface area contributed by atoms with Gasteiger partial charge in [0.05, 0.1) is 4.90 Å². The molecule has 0 bridgehead atoms. The first kappa shape index (κ1) is 22.9. The number of piperidine rings is 1. The number of carbonyl (C=O) groups is 2. The number of anilines is 1. The minimum Gasteiger partial charge on any atom is -0.338 e. The van der Waals surface area contributed by atoms with Crippen LogP contribution in [0.5, 0.6) is 0 Å². The third-order valence-electron chi connectivity index (χ3n) is 6.12. The highest BCUT2D eigenvalue weighted by atomic mass is 32.2. The molecular formula is C23H29N3O4S2. The molecule has 1 aromatic heterocycles. The van der Waals surface area contributed by atoms with Gasteiger partial charge in [0.15, 0.2) is 0 Å². The van der Waals surface area contributed by atoms with Gasteiger partial charge in [-0.15, -0.1) is 11.3 Å². The zero-order valence-corrected chi connectivity index (χ0v) is 19.9. The zero-order valence-electron chi connectivity index (χ0n) is 18.2. The summed E-state index contributed by atoms with van der Waals surface area (Å²) in [7, 11) is -3.52. The summed E-state index contributed by atoms with van der Waals surface area (Å²) in [6, 6.07) is 8.32. The lowest BCUT2D eigenvalue weighted by Crippen LogP contribution is -2.39. The molecule has 0 radical (unpaired) electrons. The van der Waals surface area contributed by atoms with Crippen molar-refractivity contribution in [3.8, 4) is 0 Å².